The topological polar surface area (TPSA) is 109 Å². The Hall–Kier alpha value is -4.21. The molecule has 4 aromatic rings. The molecule has 1 aliphatic heterocycles. The van der Waals surface area contributed by atoms with Crippen LogP contribution in [0.3, 0.4) is 0 Å². The van der Waals surface area contributed by atoms with Crippen molar-refractivity contribution in [2.45, 2.75) is 19.4 Å². The van der Waals surface area contributed by atoms with Crippen LogP contribution < -0.4 is 15.5 Å². The van der Waals surface area contributed by atoms with Gasteiger partial charge in [-0.25, -0.2) is 9.97 Å². The van der Waals surface area contributed by atoms with Crippen LogP contribution in [0.15, 0.2) is 73.6 Å². The number of aromatic amines is 1. The molecule has 0 aliphatic carbocycles. The minimum Gasteiger partial charge on any atom is -0.389 e. The number of hydrogen-bond donors (Lipinski definition) is 4. The van der Waals surface area contributed by atoms with Gasteiger partial charge in [0.2, 0.25) is 11.9 Å². The van der Waals surface area contributed by atoms with Crippen molar-refractivity contribution in [3.05, 3.63) is 73.6 Å². The second kappa shape index (κ2) is 10.6. The van der Waals surface area contributed by atoms with Gasteiger partial charge in [-0.05, 0) is 61.9 Å². The van der Waals surface area contributed by atoms with E-state index in [1.54, 1.807) is 6.20 Å². The molecule has 0 radical (unpaired) electrons. The SMILES string of the molecule is C=CC(=O)Nc1cccc(-c2c[nH]c3cnc(Nc4ccc(N5CCN(CC(C)(C)O)CC5)cc4)nc23)c1. The standard InChI is InChI=1S/C29H33N7O2/c1-4-26(37)32-22-7-5-6-20(16-22)24-17-30-25-18-31-28(34-27(24)25)33-21-8-10-23(11-9-21)36-14-12-35(13-15-36)19-29(2,3)38/h4-11,16-18,30,38H,1,12-15,19H2,2-3H3,(H,32,37)(H,31,33,34). The lowest BCUT2D eigenvalue weighted by Gasteiger charge is -2.38. The molecule has 2 aromatic carbocycles. The van der Waals surface area contributed by atoms with E-state index in [1.807, 2.05) is 56.4 Å². The number of β-amino-alcohol motifs (C(OH)–C–C–N with tert-alkyl or cyclic N) is 1. The largest absolute Gasteiger partial charge is 0.389 e. The summed E-state index contributed by atoms with van der Waals surface area (Å²) in [6.45, 7) is 11.6. The van der Waals surface area contributed by atoms with Gasteiger partial charge in [0.1, 0.15) is 5.52 Å². The van der Waals surface area contributed by atoms with Crippen molar-refractivity contribution >= 4 is 40.0 Å². The fourth-order valence-corrected chi connectivity index (χ4v) is 4.75. The van der Waals surface area contributed by atoms with Gasteiger partial charge in [0.25, 0.3) is 0 Å². The number of aromatic nitrogens is 3. The minimum absolute atomic E-state index is 0.256. The molecule has 2 aromatic heterocycles. The molecule has 9 nitrogen and oxygen atoms in total. The molecule has 3 heterocycles. The van der Waals surface area contributed by atoms with E-state index in [1.165, 1.54) is 11.8 Å². The molecule has 4 N–H and O–H groups in total. The first kappa shape index (κ1) is 25.4. The third-order valence-electron chi connectivity index (χ3n) is 6.51. The fourth-order valence-electron chi connectivity index (χ4n) is 4.75. The Balaban J connectivity index is 1.28. The maximum absolute atomic E-state index is 11.7. The molecular weight excluding hydrogens is 478 g/mol. The van der Waals surface area contributed by atoms with Gasteiger partial charge in [0.05, 0.1) is 17.3 Å². The number of carbonyl (C=O) groups excluding carboxylic acids is 1. The summed E-state index contributed by atoms with van der Waals surface area (Å²) in [4.78, 5) is 28.8. The predicted molar refractivity (Wildman–Crippen MR) is 153 cm³/mol. The van der Waals surface area contributed by atoms with E-state index < -0.39 is 5.60 Å². The van der Waals surface area contributed by atoms with Crippen molar-refractivity contribution in [1.29, 1.82) is 0 Å². The molecule has 1 fully saturated rings. The number of carbonyl (C=O) groups is 1. The highest BCUT2D eigenvalue weighted by Crippen LogP contribution is 2.30. The number of fused-ring (bicyclic) bond motifs is 1. The van der Waals surface area contributed by atoms with Crippen LogP contribution in [-0.4, -0.2) is 69.2 Å². The minimum atomic E-state index is -0.672. The Labute approximate surface area is 222 Å². The Morgan fingerprint density at radius 2 is 1.89 bits per heavy atom. The first-order valence-corrected chi connectivity index (χ1v) is 12.7. The van der Waals surface area contributed by atoms with Gasteiger partial charge in [-0.1, -0.05) is 18.7 Å². The molecule has 0 unspecified atom stereocenters. The normalized spacial score (nSPS) is 14.4. The van der Waals surface area contributed by atoms with Crippen molar-refractivity contribution in [3.8, 4) is 11.1 Å². The number of anilines is 4. The van der Waals surface area contributed by atoms with Gasteiger partial charge < -0.3 is 25.6 Å². The van der Waals surface area contributed by atoms with Crippen molar-refractivity contribution in [3.63, 3.8) is 0 Å². The van der Waals surface area contributed by atoms with E-state index in [2.05, 4.69) is 49.1 Å². The summed E-state index contributed by atoms with van der Waals surface area (Å²) in [7, 11) is 0. The van der Waals surface area contributed by atoms with E-state index in [0.717, 1.165) is 54.0 Å². The summed E-state index contributed by atoms with van der Waals surface area (Å²) in [5.41, 5.74) is 5.54. The van der Waals surface area contributed by atoms with Gasteiger partial charge in [-0.2, -0.15) is 0 Å². The first-order chi connectivity index (χ1) is 18.3. The Morgan fingerprint density at radius 1 is 1.13 bits per heavy atom. The highest BCUT2D eigenvalue weighted by Gasteiger charge is 2.22. The molecule has 38 heavy (non-hydrogen) atoms. The lowest BCUT2D eigenvalue weighted by atomic mass is 10.1. The number of benzene rings is 2. The van der Waals surface area contributed by atoms with Crippen molar-refractivity contribution < 1.29 is 9.90 Å². The molecule has 1 aliphatic rings. The summed E-state index contributed by atoms with van der Waals surface area (Å²) in [5.74, 6) is 0.247. The third-order valence-corrected chi connectivity index (χ3v) is 6.51. The number of nitrogens with one attached hydrogen (secondary N) is 3. The zero-order chi connectivity index (χ0) is 26.7. The summed E-state index contributed by atoms with van der Waals surface area (Å²) in [6, 6.07) is 15.9. The lowest BCUT2D eigenvalue weighted by molar-refractivity contribution is -0.111. The summed E-state index contributed by atoms with van der Waals surface area (Å²) in [5, 5.41) is 16.2. The Kier molecular flexibility index (Phi) is 7.13. The van der Waals surface area contributed by atoms with E-state index in [9.17, 15) is 9.90 Å². The number of nitrogens with zero attached hydrogens (tertiary/aromatic N) is 4. The van der Waals surface area contributed by atoms with Crippen LogP contribution in [0.4, 0.5) is 23.0 Å². The van der Waals surface area contributed by atoms with Crippen LogP contribution in [0.1, 0.15) is 13.8 Å². The van der Waals surface area contributed by atoms with E-state index in [-0.39, 0.29) is 5.91 Å². The summed E-state index contributed by atoms with van der Waals surface area (Å²) < 4.78 is 0. The lowest BCUT2D eigenvalue weighted by Crippen LogP contribution is -2.50. The van der Waals surface area contributed by atoms with Gasteiger partial charge in [-0.3, -0.25) is 9.69 Å². The van der Waals surface area contributed by atoms with E-state index in [0.29, 0.717) is 18.2 Å². The molecule has 196 valence electrons. The third kappa shape index (κ3) is 6.01. The molecule has 0 saturated carbocycles. The van der Waals surface area contributed by atoms with Crippen molar-refractivity contribution in [2.75, 3.05) is 48.3 Å². The maximum atomic E-state index is 11.7. The van der Waals surface area contributed by atoms with Gasteiger partial charge in [0.15, 0.2) is 0 Å². The average molecular weight is 512 g/mol. The van der Waals surface area contributed by atoms with Gasteiger partial charge in [0, 0.05) is 61.5 Å². The van der Waals surface area contributed by atoms with Gasteiger partial charge >= 0.3 is 0 Å². The van der Waals surface area contributed by atoms with Crippen LogP contribution in [-0.2, 0) is 4.79 Å². The van der Waals surface area contributed by atoms with Crippen molar-refractivity contribution in [2.24, 2.45) is 0 Å². The van der Waals surface area contributed by atoms with Crippen LogP contribution >= 0.6 is 0 Å². The highest BCUT2D eigenvalue weighted by molar-refractivity contribution is 6.00. The molecule has 1 saturated heterocycles. The molecule has 1 amide bonds. The maximum Gasteiger partial charge on any atom is 0.247 e. The second-order valence-electron chi connectivity index (χ2n) is 10.2. The average Bonchev–Trinajstić information content (AvgIpc) is 3.32. The number of piperazine rings is 1. The second-order valence-corrected chi connectivity index (χ2v) is 10.2. The van der Waals surface area contributed by atoms with Crippen LogP contribution in [0, 0.1) is 0 Å². The summed E-state index contributed by atoms with van der Waals surface area (Å²) in [6.07, 6.45) is 4.91. The number of amides is 1. The van der Waals surface area contributed by atoms with E-state index in [4.69, 9.17) is 4.98 Å². The Bertz CT molecular complexity index is 1430. The monoisotopic (exact) mass is 511 g/mol. The van der Waals surface area contributed by atoms with Crippen LogP contribution in [0.2, 0.25) is 0 Å². The predicted octanol–water partition coefficient (Wildman–Crippen LogP) is 4.39. The number of H-pyrrole nitrogens is 1. The van der Waals surface area contributed by atoms with Crippen LogP contribution in [0.25, 0.3) is 22.2 Å². The van der Waals surface area contributed by atoms with Crippen LogP contribution in [0.5, 0.6) is 0 Å². The molecule has 9 heteroatoms. The molecule has 0 atom stereocenters. The molecule has 0 spiro atoms. The fraction of sp³-hybridized carbons (Fsp3) is 0.276. The smallest absolute Gasteiger partial charge is 0.247 e. The number of hydrogen-bond acceptors (Lipinski definition) is 7. The zero-order valence-corrected chi connectivity index (χ0v) is 21.7. The molecule has 0 bridgehead atoms. The van der Waals surface area contributed by atoms with Crippen molar-refractivity contribution in [1.82, 2.24) is 19.9 Å². The quantitative estimate of drug-likeness (QED) is 0.260. The first-order valence-electron chi connectivity index (χ1n) is 12.7. The van der Waals surface area contributed by atoms with E-state index >= 15 is 0 Å². The number of rotatable bonds is 8. The number of aliphatic hydroxyl groups is 1. The zero-order valence-electron chi connectivity index (χ0n) is 21.7. The molecular formula is C29H33N7O2. The summed E-state index contributed by atoms with van der Waals surface area (Å²) >= 11 is 0. The van der Waals surface area contributed by atoms with Gasteiger partial charge in [-0.15, -0.1) is 0 Å². The Morgan fingerprint density at radius 3 is 2.61 bits per heavy atom. The highest BCUT2D eigenvalue weighted by atomic mass is 16.3. The molecule has 5 rings (SSSR count).